The zero-order valence-electron chi connectivity index (χ0n) is 21.4. The van der Waals surface area contributed by atoms with Crippen LogP contribution >= 0.6 is 0 Å². The van der Waals surface area contributed by atoms with Gasteiger partial charge in [0.2, 0.25) is 5.91 Å². The first-order valence-corrected chi connectivity index (χ1v) is 12.2. The number of carbonyl (C=O) groups excluding carboxylic acids is 2. The summed E-state index contributed by atoms with van der Waals surface area (Å²) in [6, 6.07) is 25.1. The fraction of sp³-hybridized carbons (Fsp3) is 0.233. The first-order valence-electron chi connectivity index (χ1n) is 12.2. The van der Waals surface area contributed by atoms with Crippen molar-refractivity contribution in [2.45, 2.75) is 40.7 Å². The molecule has 0 spiro atoms. The summed E-state index contributed by atoms with van der Waals surface area (Å²) in [5.41, 5.74) is 6.02. The van der Waals surface area contributed by atoms with Crippen LogP contribution in [0.3, 0.4) is 0 Å². The predicted octanol–water partition coefficient (Wildman–Crippen LogP) is 5.95. The van der Waals surface area contributed by atoms with E-state index >= 15 is 0 Å². The van der Waals surface area contributed by atoms with Crippen LogP contribution in [0.4, 0.5) is 5.82 Å². The summed E-state index contributed by atoms with van der Waals surface area (Å²) in [5, 5.41) is 7.90. The maximum atomic E-state index is 13.5. The number of carbonyl (C=O) groups is 2. The third kappa shape index (κ3) is 5.08. The largest absolute Gasteiger partial charge is 0.327 e. The Labute approximate surface area is 212 Å². The summed E-state index contributed by atoms with van der Waals surface area (Å²) < 4.78 is 1.79. The summed E-state index contributed by atoms with van der Waals surface area (Å²) in [6.07, 6.45) is 0. The molecule has 3 aromatic carbocycles. The summed E-state index contributed by atoms with van der Waals surface area (Å²) in [5.74, 6) is 0.146. The van der Waals surface area contributed by atoms with Crippen molar-refractivity contribution in [3.8, 4) is 16.8 Å². The molecule has 0 radical (unpaired) electrons. The lowest BCUT2D eigenvalue weighted by atomic mass is 10.1. The molecule has 0 unspecified atom stereocenters. The molecule has 0 saturated carbocycles. The summed E-state index contributed by atoms with van der Waals surface area (Å²) in [4.78, 5) is 28.4. The first kappa shape index (κ1) is 24.9. The standard InChI is InChI=1S/C30H32N4O2/c1-20(2)33(30(36)25-17-11-9-13-21(25)3)19-27(35)31-29-28(24-15-7-6-8-16-24)23(5)32-34(29)26-18-12-10-14-22(26)4/h6-18,20H,19H2,1-5H3,(H,31,35). The van der Waals surface area contributed by atoms with Crippen molar-refractivity contribution in [2.75, 3.05) is 11.9 Å². The number of hydrogen-bond acceptors (Lipinski definition) is 3. The van der Waals surface area contributed by atoms with Crippen molar-refractivity contribution < 1.29 is 9.59 Å². The minimum absolute atomic E-state index is 0.0724. The van der Waals surface area contributed by atoms with Gasteiger partial charge in [0.05, 0.1) is 11.4 Å². The van der Waals surface area contributed by atoms with Crippen LogP contribution in [0.2, 0.25) is 0 Å². The van der Waals surface area contributed by atoms with Crippen LogP contribution in [0.25, 0.3) is 16.8 Å². The van der Waals surface area contributed by atoms with E-state index in [1.165, 1.54) is 0 Å². The number of nitrogens with one attached hydrogen (secondary N) is 1. The number of nitrogens with zero attached hydrogens (tertiary/aromatic N) is 3. The van der Waals surface area contributed by atoms with Crippen molar-refractivity contribution >= 4 is 17.6 Å². The van der Waals surface area contributed by atoms with E-state index in [1.54, 1.807) is 15.6 Å². The van der Waals surface area contributed by atoms with E-state index in [1.807, 2.05) is 107 Å². The van der Waals surface area contributed by atoms with E-state index in [-0.39, 0.29) is 24.4 Å². The highest BCUT2D eigenvalue weighted by Gasteiger charge is 2.25. The number of hydrogen-bond donors (Lipinski definition) is 1. The molecule has 36 heavy (non-hydrogen) atoms. The van der Waals surface area contributed by atoms with Gasteiger partial charge in [-0.05, 0) is 63.4 Å². The molecule has 1 aromatic heterocycles. The Morgan fingerprint density at radius 3 is 2.11 bits per heavy atom. The summed E-state index contributed by atoms with van der Waals surface area (Å²) >= 11 is 0. The van der Waals surface area contributed by atoms with Gasteiger partial charge in [-0.3, -0.25) is 9.59 Å². The molecule has 6 nitrogen and oxygen atoms in total. The van der Waals surface area contributed by atoms with Gasteiger partial charge in [-0.25, -0.2) is 4.68 Å². The second-order valence-electron chi connectivity index (χ2n) is 9.26. The van der Waals surface area contributed by atoms with Crippen molar-refractivity contribution in [3.05, 3.63) is 101 Å². The van der Waals surface area contributed by atoms with Crippen LogP contribution in [0.15, 0.2) is 78.9 Å². The summed E-state index contributed by atoms with van der Waals surface area (Å²) in [6.45, 7) is 9.62. The number of aromatic nitrogens is 2. The Morgan fingerprint density at radius 1 is 0.861 bits per heavy atom. The Balaban J connectivity index is 1.71. The minimum atomic E-state index is -0.280. The van der Waals surface area contributed by atoms with Gasteiger partial charge in [-0.1, -0.05) is 66.7 Å². The molecule has 0 bridgehead atoms. The zero-order valence-corrected chi connectivity index (χ0v) is 21.4. The topological polar surface area (TPSA) is 67.2 Å². The second kappa shape index (κ2) is 10.6. The van der Waals surface area contributed by atoms with Gasteiger partial charge in [0.1, 0.15) is 12.4 Å². The van der Waals surface area contributed by atoms with E-state index in [0.29, 0.717) is 11.4 Å². The van der Waals surface area contributed by atoms with E-state index < -0.39 is 0 Å². The lowest BCUT2D eigenvalue weighted by Gasteiger charge is -2.27. The number of benzene rings is 3. The number of aryl methyl sites for hydroxylation is 3. The van der Waals surface area contributed by atoms with Crippen molar-refractivity contribution in [1.82, 2.24) is 14.7 Å². The highest BCUT2D eigenvalue weighted by Crippen LogP contribution is 2.34. The molecule has 0 fully saturated rings. The van der Waals surface area contributed by atoms with Crippen molar-refractivity contribution in [1.29, 1.82) is 0 Å². The molecule has 6 heteroatoms. The molecule has 1 heterocycles. The maximum absolute atomic E-state index is 13.5. The number of para-hydroxylation sites is 1. The lowest BCUT2D eigenvalue weighted by Crippen LogP contribution is -2.42. The van der Waals surface area contributed by atoms with Crippen LogP contribution in [-0.2, 0) is 4.79 Å². The average molecular weight is 481 g/mol. The zero-order chi connectivity index (χ0) is 25.8. The van der Waals surface area contributed by atoms with E-state index in [2.05, 4.69) is 5.32 Å². The number of rotatable bonds is 7. The molecule has 1 N–H and O–H groups in total. The highest BCUT2D eigenvalue weighted by atomic mass is 16.2. The van der Waals surface area contributed by atoms with Gasteiger partial charge in [0.25, 0.3) is 5.91 Å². The fourth-order valence-electron chi connectivity index (χ4n) is 4.35. The van der Waals surface area contributed by atoms with Gasteiger partial charge in [-0.2, -0.15) is 5.10 Å². The Bertz CT molecular complexity index is 1390. The SMILES string of the molecule is Cc1ccccc1C(=O)N(CC(=O)Nc1c(-c2ccccc2)c(C)nn1-c1ccccc1C)C(C)C. The van der Waals surface area contributed by atoms with E-state index in [9.17, 15) is 9.59 Å². The van der Waals surface area contributed by atoms with E-state index in [0.717, 1.165) is 33.6 Å². The monoisotopic (exact) mass is 480 g/mol. The highest BCUT2D eigenvalue weighted by molar-refractivity contribution is 6.01. The van der Waals surface area contributed by atoms with Gasteiger partial charge in [-0.15, -0.1) is 0 Å². The summed E-state index contributed by atoms with van der Waals surface area (Å²) in [7, 11) is 0. The van der Waals surface area contributed by atoms with E-state index in [4.69, 9.17) is 5.10 Å². The Morgan fingerprint density at radius 2 is 1.47 bits per heavy atom. The normalized spacial score (nSPS) is 10.9. The Kier molecular flexibility index (Phi) is 7.34. The maximum Gasteiger partial charge on any atom is 0.254 e. The van der Waals surface area contributed by atoms with Crippen molar-refractivity contribution in [2.24, 2.45) is 0 Å². The molecule has 0 aliphatic carbocycles. The predicted molar refractivity (Wildman–Crippen MR) is 144 cm³/mol. The molecule has 0 aliphatic rings. The molecule has 0 saturated heterocycles. The van der Waals surface area contributed by atoms with Gasteiger partial charge in [0, 0.05) is 17.2 Å². The molecule has 4 rings (SSSR count). The van der Waals surface area contributed by atoms with Gasteiger partial charge >= 0.3 is 0 Å². The van der Waals surface area contributed by atoms with Crippen LogP contribution in [-0.4, -0.2) is 39.1 Å². The van der Waals surface area contributed by atoms with Gasteiger partial charge < -0.3 is 10.2 Å². The molecular weight excluding hydrogens is 448 g/mol. The molecule has 184 valence electrons. The molecule has 0 aliphatic heterocycles. The van der Waals surface area contributed by atoms with Crippen LogP contribution in [0.5, 0.6) is 0 Å². The second-order valence-corrected chi connectivity index (χ2v) is 9.26. The third-order valence-corrected chi connectivity index (χ3v) is 6.30. The third-order valence-electron chi connectivity index (χ3n) is 6.30. The first-order chi connectivity index (χ1) is 17.3. The molecule has 2 amide bonds. The molecular formula is C30H32N4O2. The molecule has 4 aromatic rings. The molecule has 0 atom stereocenters. The lowest BCUT2D eigenvalue weighted by molar-refractivity contribution is -0.117. The number of amides is 2. The fourth-order valence-corrected chi connectivity index (χ4v) is 4.35. The van der Waals surface area contributed by atoms with Gasteiger partial charge in [0.15, 0.2) is 0 Å². The average Bonchev–Trinajstić information content (AvgIpc) is 3.18. The smallest absolute Gasteiger partial charge is 0.254 e. The Hall–Kier alpha value is -4.19. The van der Waals surface area contributed by atoms with Crippen molar-refractivity contribution in [3.63, 3.8) is 0 Å². The quantitative estimate of drug-likeness (QED) is 0.355. The van der Waals surface area contributed by atoms with Crippen LogP contribution in [0.1, 0.15) is 41.0 Å². The number of anilines is 1. The van der Waals surface area contributed by atoms with Crippen LogP contribution in [0, 0.1) is 20.8 Å². The van der Waals surface area contributed by atoms with Crippen LogP contribution < -0.4 is 5.32 Å². The minimum Gasteiger partial charge on any atom is -0.327 e.